The molecule has 3 nitrogen and oxygen atoms in total. The highest BCUT2D eigenvalue weighted by Crippen LogP contribution is 2.28. The van der Waals surface area contributed by atoms with Crippen LogP contribution in [0.4, 0.5) is 0 Å². The van der Waals surface area contributed by atoms with Gasteiger partial charge in [-0.25, -0.2) is 0 Å². The summed E-state index contributed by atoms with van der Waals surface area (Å²) in [6, 6.07) is 5.77. The summed E-state index contributed by atoms with van der Waals surface area (Å²) in [5.74, 6) is 0.830. The molecule has 0 radical (unpaired) electrons. The van der Waals surface area contributed by atoms with E-state index >= 15 is 0 Å². The molecule has 0 atom stereocenters. The van der Waals surface area contributed by atoms with Crippen LogP contribution < -0.4 is 4.74 Å². The average molecular weight is 243 g/mol. The van der Waals surface area contributed by atoms with Crippen molar-refractivity contribution in [2.45, 2.75) is 19.8 Å². The molecule has 2 aliphatic rings. The zero-order chi connectivity index (χ0) is 12.5. The van der Waals surface area contributed by atoms with Gasteiger partial charge in [0.25, 0.3) is 0 Å². The number of ether oxygens (including phenoxy) is 1. The lowest BCUT2D eigenvalue weighted by Crippen LogP contribution is -2.23. The van der Waals surface area contributed by atoms with Crippen LogP contribution in [0.25, 0.3) is 0 Å². The van der Waals surface area contributed by atoms with Crippen LogP contribution in [0.2, 0.25) is 0 Å². The number of hydrogen-bond acceptors (Lipinski definition) is 3. The lowest BCUT2D eigenvalue weighted by molar-refractivity contribution is 0.0996. The van der Waals surface area contributed by atoms with Crippen molar-refractivity contribution in [1.82, 2.24) is 4.90 Å². The van der Waals surface area contributed by atoms with Crippen LogP contribution in [0.3, 0.4) is 0 Å². The molecule has 3 heteroatoms. The normalized spacial score (nSPS) is 21.1. The van der Waals surface area contributed by atoms with E-state index in [1.807, 2.05) is 31.3 Å². The third-order valence-corrected chi connectivity index (χ3v) is 3.53. The first kappa shape index (κ1) is 11.3. The van der Waals surface area contributed by atoms with Crippen LogP contribution in [-0.2, 0) is 0 Å². The maximum Gasteiger partial charge on any atom is 0.197 e. The molecule has 1 saturated heterocycles. The fraction of sp³-hybridized carbons (Fsp3) is 0.400. The van der Waals surface area contributed by atoms with Gasteiger partial charge in [-0.2, -0.15) is 0 Å². The first-order valence-corrected chi connectivity index (χ1v) is 6.47. The molecule has 0 N–H and O–H groups in total. The fourth-order valence-electron chi connectivity index (χ4n) is 2.53. The minimum absolute atomic E-state index is 0.117. The van der Waals surface area contributed by atoms with Crippen molar-refractivity contribution in [2.75, 3.05) is 19.7 Å². The number of rotatable bonds is 1. The van der Waals surface area contributed by atoms with Crippen molar-refractivity contribution < 1.29 is 9.53 Å². The molecule has 0 bridgehead atoms. The molecule has 18 heavy (non-hydrogen) atoms. The Morgan fingerprint density at radius 1 is 1.28 bits per heavy atom. The fourth-order valence-corrected chi connectivity index (χ4v) is 2.53. The van der Waals surface area contributed by atoms with Gasteiger partial charge in [0.05, 0.1) is 11.1 Å². The Kier molecular flexibility index (Phi) is 2.82. The Hall–Kier alpha value is -1.77. The third-order valence-electron chi connectivity index (χ3n) is 3.53. The minimum Gasteiger partial charge on any atom is -0.488 e. The number of carbonyl (C=O) groups excluding carboxylic acids is 1. The predicted molar refractivity (Wildman–Crippen MR) is 69.9 cm³/mol. The van der Waals surface area contributed by atoms with Crippen LogP contribution >= 0.6 is 0 Å². The summed E-state index contributed by atoms with van der Waals surface area (Å²) in [5.41, 5.74) is 2.56. The largest absolute Gasteiger partial charge is 0.488 e. The highest BCUT2D eigenvalue weighted by atomic mass is 16.5. The van der Waals surface area contributed by atoms with Crippen molar-refractivity contribution in [3.8, 4) is 5.75 Å². The maximum absolute atomic E-state index is 12.4. The Bertz CT molecular complexity index is 513. The molecule has 94 valence electrons. The Morgan fingerprint density at radius 3 is 2.83 bits per heavy atom. The second-order valence-corrected chi connectivity index (χ2v) is 5.01. The molecule has 0 aromatic heterocycles. The number of hydrogen-bond donors (Lipinski definition) is 0. The van der Waals surface area contributed by atoms with Crippen molar-refractivity contribution >= 4 is 5.78 Å². The highest BCUT2D eigenvalue weighted by Gasteiger charge is 2.24. The van der Waals surface area contributed by atoms with Crippen LogP contribution in [0.15, 0.2) is 30.0 Å². The summed E-state index contributed by atoms with van der Waals surface area (Å²) in [7, 11) is 0. The number of Topliss-reactive ketones (excluding diaryl/α,β-unsaturated/α-hetero) is 1. The van der Waals surface area contributed by atoms with E-state index in [0.29, 0.717) is 17.9 Å². The van der Waals surface area contributed by atoms with Gasteiger partial charge in [-0.05, 0) is 31.9 Å². The lowest BCUT2D eigenvalue weighted by atomic mass is 9.99. The van der Waals surface area contributed by atoms with E-state index in [1.54, 1.807) is 0 Å². The van der Waals surface area contributed by atoms with Gasteiger partial charge in [-0.1, -0.05) is 11.6 Å². The van der Waals surface area contributed by atoms with E-state index in [0.717, 1.165) is 24.2 Å². The summed E-state index contributed by atoms with van der Waals surface area (Å²) in [5, 5.41) is 0. The van der Waals surface area contributed by atoms with Gasteiger partial charge in [0.2, 0.25) is 0 Å². The molecule has 3 rings (SSSR count). The first-order chi connectivity index (χ1) is 8.74. The van der Waals surface area contributed by atoms with Crippen LogP contribution in [-0.4, -0.2) is 30.4 Å². The SMILES string of the molecule is Cc1ccc2c(c1)C(=O)/C(=C/N1CCCC1)CO2. The zero-order valence-corrected chi connectivity index (χ0v) is 10.6. The molecule has 0 spiro atoms. The van der Waals surface area contributed by atoms with Crippen LogP contribution in [0.1, 0.15) is 28.8 Å². The second kappa shape index (κ2) is 4.48. The van der Waals surface area contributed by atoms with Crippen LogP contribution in [0.5, 0.6) is 5.75 Å². The number of nitrogens with zero attached hydrogens (tertiary/aromatic N) is 1. The number of aryl methyl sites for hydroxylation is 1. The lowest BCUT2D eigenvalue weighted by Gasteiger charge is -2.21. The molecule has 2 aliphatic heterocycles. The maximum atomic E-state index is 12.4. The van der Waals surface area contributed by atoms with E-state index in [2.05, 4.69) is 4.90 Å². The quantitative estimate of drug-likeness (QED) is 0.710. The molecular formula is C15H17NO2. The van der Waals surface area contributed by atoms with E-state index in [9.17, 15) is 4.79 Å². The number of carbonyl (C=O) groups is 1. The van der Waals surface area contributed by atoms with Crippen molar-refractivity contribution in [1.29, 1.82) is 0 Å². The van der Waals surface area contributed by atoms with Gasteiger partial charge in [-0.3, -0.25) is 4.79 Å². The van der Waals surface area contributed by atoms with Gasteiger partial charge < -0.3 is 9.64 Å². The molecule has 2 heterocycles. The van der Waals surface area contributed by atoms with Gasteiger partial charge in [0.15, 0.2) is 5.78 Å². The molecule has 1 fully saturated rings. The molecule has 0 unspecified atom stereocenters. The van der Waals surface area contributed by atoms with E-state index in [4.69, 9.17) is 4.74 Å². The Balaban J connectivity index is 1.90. The first-order valence-electron chi connectivity index (χ1n) is 6.47. The highest BCUT2D eigenvalue weighted by molar-refractivity contribution is 6.11. The molecule has 0 aliphatic carbocycles. The van der Waals surface area contributed by atoms with Crippen molar-refractivity contribution in [3.05, 3.63) is 41.1 Å². The Morgan fingerprint density at radius 2 is 2.06 bits per heavy atom. The molecule has 0 amide bonds. The summed E-state index contributed by atoms with van der Waals surface area (Å²) in [6.07, 6.45) is 4.42. The number of benzene rings is 1. The van der Waals surface area contributed by atoms with E-state index in [-0.39, 0.29) is 5.78 Å². The van der Waals surface area contributed by atoms with E-state index < -0.39 is 0 Å². The Labute approximate surface area is 107 Å². The molecule has 1 aromatic carbocycles. The van der Waals surface area contributed by atoms with Gasteiger partial charge >= 0.3 is 0 Å². The van der Waals surface area contributed by atoms with Gasteiger partial charge in [0.1, 0.15) is 12.4 Å². The number of fused-ring (bicyclic) bond motifs is 1. The smallest absolute Gasteiger partial charge is 0.197 e. The summed E-state index contributed by atoms with van der Waals surface area (Å²) in [6.45, 7) is 4.49. The molecular weight excluding hydrogens is 226 g/mol. The van der Waals surface area contributed by atoms with Crippen LogP contribution in [0, 0.1) is 6.92 Å². The minimum atomic E-state index is 0.117. The van der Waals surface area contributed by atoms with Crippen molar-refractivity contribution in [2.24, 2.45) is 0 Å². The predicted octanol–water partition coefficient (Wildman–Crippen LogP) is 2.55. The van der Waals surface area contributed by atoms with Gasteiger partial charge in [0, 0.05) is 19.3 Å². The monoisotopic (exact) mass is 243 g/mol. The topological polar surface area (TPSA) is 29.5 Å². The summed E-state index contributed by atoms with van der Waals surface area (Å²) in [4.78, 5) is 14.6. The summed E-state index contributed by atoms with van der Waals surface area (Å²) < 4.78 is 5.66. The average Bonchev–Trinajstić information content (AvgIpc) is 2.86. The third kappa shape index (κ3) is 2.01. The van der Waals surface area contributed by atoms with Crippen molar-refractivity contribution in [3.63, 3.8) is 0 Å². The second-order valence-electron chi connectivity index (χ2n) is 5.01. The number of likely N-dealkylation sites (tertiary alicyclic amines) is 1. The summed E-state index contributed by atoms with van der Waals surface area (Å²) >= 11 is 0. The zero-order valence-electron chi connectivity index (χ0n) is 10.6. The molecule has 0 saturated carbocycles. The van der Waals surface area contributed by atoms with E-state index in [1.165, 1.54) is 12.8 Å². The number of ketones is 1. The molecule has 1 aromatic rings. The standard InChI is InChI=1S/C15H17NO2/c1-11-4-5-14-13(8-11)15(17)12(10-18-14)9-16-6-2-3-7-16/h4-5,8-9H,2-3,6-7,10H2,1H3/b12-9+. The van der Waals surface area contributed by atoms with Gasteiger partial charge in [-0.15, -0.1) is 0 Å².